The average molecular weight is 503 g/mol. The molecule has 2 aromatic carbocycles. The van der Waals surface area contributed by atoms with Crippen molar-refractivity contribution >= 4 is 28.8 Å². The number of likely N-dealkylation sites (tertiary alicyclic amines) is 1. The molecule has 2 N–H and O–H groups in total. The third-order valence-electron chi connectivity index (χ3n) is 6.76. The summed E-state index contributed by atoms with van der Waals surface area (Å²) in [6, 6.07) is 8.07. The molecule has 6 nitrogen and oxygen atoms in total. The normalized spacial score (nSPS) is 23.3. The number of nitrogens with one attached hydrogen (secondary N) is 2. The Morgan fingerprint density at radius 2 is 2.03 bits per heavy atom. The van der Waals surface area contributed by atoms with Crippen molar-refractivity contribution in [2.75, 3.05) is 30.3 Å². The summed E-state index contributed by atoms with van der Waals surface area (Å²) in [7, 11) is 0. The van der Waals surface area contributed by atoms with E-state index in [9.17, 15) is 27.2 Å². The molecule has 0 saturated carbocycles. The summed E-state index contributed by atoms with van der Waals surface area (Å²) in [5.74, 6) is -0.538. The van der Waals surface area contributed by atoms with Crippen molar-refractivity contribution in [2.24, 2.45) is 0 Å². The van der Waals surface area contributed by atoms with E-state index in [0.29, 0.717) is 54.7 Å². The van der Waals surface area contributed by atoms with Crippen molar-refractivity contribution < 1.29 is 31.9 Å². The van der Waals surface area contributed by atoms with Gasteiger partial charge in [-0.25, -0.2) is 4.39 Å². The zero-order valence-electron chi connectivity index (χ0n) is 19.3. The van der Waals surface area contributed by atoms with Gasteiger partial charge < -0.3 is 15.4 Å². The van der Waals surface area contributed by atoms with Crippen molar-refractivity contribution in [3.05, 3.63) is 59.2 Å². The number of carbonyl (C=O) groups excluding carboxylic acids is 2. The monoisotopic (exact) mass is 503 g/mol. The van der Waals surface area contributed by atoms with E-state index in [0.717, 1.165) is 17.7 Å². The molecule has 3 heterocycles. The van der Waals surface area contributed by atoms with Gasteiger partial charge in [0.25, 0.3) is 0 Å². The fraction of sp³-hybridized carbons (Fsp3) is 0.385. The Morgan fingerprint density at radius 3 is 2.78 bits per heavy atom. The predicted molar refractivity (Wildman–Crippen MR) is 126 cm³/mol. The zero-order chi connectivity index (χ0) is 25.4. The number of nitrogens with zero attached hydrogens (tertiary/aromatic N) is 1. The van der Waals surface area contributed by atoms with E-state index in [-0.39, 0.29) is 24.8 Å². The van der Waals surface area contributed by atoms with E-state index in [1.165, 1.54) is 12.1 Å². The maximum Gasteiger partial charge on any atom is 0.416 e. The molecular formula is C26H25F4N3O3. The molecule has 0 radical (unpaired) electrons. The summed E-state index contributed by atoms with van der Waals surface area (Å²) in [6.07, 6.45) is -2.11. The first-order chi connectivity index (χ1) is 17.2. The summed E-state index contributed by atoms with van der Waals surface area (Å²) in [5, 5.41) is 5.62. The topological polar surface area (TPSA) is 70.7 Å². The molecule has 1 fully saturated rings. The van der Waals surface area contributed by atoms with E-state index < -0.39 is 29.9 Å². The second-order valence-electron chi connectivity index (χ2n) is 9.28. The van der Waals surface area contributed by atoms with Gasteiger partial charge in [0, 0.05) is 36.1 Å². The van der Waals surface area contributed by atoms with Crippen LogP contribution in [0.2, 0.25) is 0 Å². The fourth-order valence-corrected chi connectivity index (χ4v) is 4.94. The van der Waals surface area contributed by atoms with Gasteiger partial charge in [0.05, 0.1) is 18.2 Å². The Labute approximate surface area is 205 Å². The number of hydrogen-bond donors (Lipinski definition) is 2. The van der Waals surface area contributed by atoms with E-state index >= 15 is 0 Å². The molecule has 3 aliphatic rings. The molecule has 190 valence electrons. The zero-order valence-corrected chi connectivity index (χ0v) is 19.3. The molecule has 36 heavy (non-hydrogen) atoms. The van der Waals surface area contributed by atoms with Gasteiger partial charge in [0.1, 0.15) is 11.9 Å². The maximum atomic E-state index is 13.6. The Balaban J connectivity index is 1.31. The standard InChI is InChI=1S/C26H25F4N3O3/c27-18-7-8-33(14-18)22-10-16-3-5-19(13-21(16)32-25(22)35)31-24(34)11-15-2-1-9-36-23-12-17(26(28,29)30)4-6-20(15)23/h3-6,11-13,18,22H,1-2,7-10,14H2,(H,31,34)(H,32,35)/b15-11+/t18-,22?/m0/s1. The number of ether oxygens (including phenoxy) is 1. The molecule has 3 aliphatic heterocycles. The van der Waals surface area contributed by atoms with Crippen LogP contribution in [0.15, 0.2) is 42.5 Å². The summed E-state index contributed by atoms with van der Waals surface area (Å²) in [4.78, 5) is 27.3. The number of alkyl halides is 4. The molecule has 1 saturated heterocycles. The lowest BCUT2D eigenvalue weighted by atomic mass is 9.97. The highest BCUT2D eigenvalue weighted by Crippen LogP contribution is 2.38. The van der Waals surface area contributed by atoms with Crippen LogP contribution < -0.4 is 15.4 Å². The summed E-state index contributed by atoms with van der Waals surface area (Å²) in [6.45, 7) is 1.05. The second kappa shape index (κ2) is 9.57. The third-order valence-corrected chi connectivity index (χ3v) is 6.76. The largest absolute Gasteiger partial charge is 0.493 e. The lowest BCUT2D eigenvalue weighted by molar-refractivity contribution is -0.137. The van der Waals surface area contributed by atoms with Crippen molar-refractivity contribution in [3.8, 4) is 5.75 Å². The summed E-state index contributed by atoms with van der Waals surface area (Å²) < 4.78 is 58.4. The van der Waals surface area contributed by atoms with Crippen LogP contribution in [-0.4, -0.2) is 48.6 Å². The Kier molecular flexibility index (Phi) is 6.46. The van der Waals surface area contributed by atoms with Gasteiger partial charge in [-0.15, -0.1) is 0 Å². The van der Waals surface area contributed by atoms with Gasteiger partial charge in [-0.1, -0.05) is 12.1 Å². The van der Waals surface area contributed by atoms with Gasteiger partial charge in [0.2, 0.25) is 11.8 Å². The van der Waals surface area contributed by atoms with Crippen molar-refractivity contribution in [2.45, 2.75) is 44.1 Å². The van der Waals surface area contributed by atoms with E-state index in [1.54, 1.807) is 12.1 Å². The SMILES string of the molecule is O=C(/C=C1\CCCOc2cc(C(F)(F)F)ccc21)Nc1ccc2c(c1)NC(=O)C(N1CC[C@H](F)C1)C2. The van der Waals surface area contributed by atoms with Crippen LogP contribution >= 0.6 is 0 Å². The Hall–Kier alpha value is -3.40. The minimum Gasteiger partial charge on any atom is -0.493 e. The number of carbonyl (C=O) groups is 2. The number of halogens is 4. The van der Waals surface area contributed by atoms with E-state index in [2.05, 4.69) is 10.6 Å². The lowest BCUT2D eigenvalue weighted by Gasteiger charge is -2.31. The van der Waals surface area contributed by atoms with Gasteiger partial charge >= 0.3 is 6.18 Å². The number of hydrogen-bond acceptors (Lipinski definition) is 4. The van der Waals surface area contributed by atoms with Crippen molar-refractivity contribution in [1.29, 1.82) is 0 Å². The highest BCUT2D eigenvalue weighted by molar-refractivity contribution is 6.05. The molecule has 0 spiro atoms. The maximum absolute atomic E-state index is 13.6. The first-order valence-corrected chi connectivity index (χ1v) is 11.9. The van der Waals surface area contributed by atoms with Gasteiger partial charge in [0.15, 0.2) is 0 Å². The van der Waals surface area contributed by atoms with Gasteiger partial charge in [-0.3, -0.25) is 14.5 Å². The molecular weight excluding hydrogens is 478 g/mol. The number of allylic oxidation sites excluding steroid dienone is 1. The highest BCUT2D eigenvalue weighted by Gasteiger charge is 2.36. The summed E-state index contributed by atoms with van der Waals surface area (Å²) in [5.41, 5.74) is 2.19. The number of benzene rings is 2. The molecule has 10 heteroatoms. The van der Waals surface area contributed by atoms with E-state index in [4.69, 9.17) is 4.74 Å². The molecule has 2 amide bonds. The first kappa shape index (κ1) is 24.3. The highest BCUT2D eigenvalue weighted by atomic mass is 19.4. The molecule has 0 aromatic heterocycles. The summed E-state index contributed by atoms with van der Waals surface area (Å²) >= 11 is 0. The van der Waals surface area contributed by atoms with E-state index in [1.807, 2.05) is 11.0 Å². The van der Waals surface area contributed by atoms with Gasteiger partial charge in [-0.05, 0) is 61.1 Å². The van der Waals surface area contributed by atoms with Crippen molar-refractivity contribution in [1.82, 2.24) is 4.90 Å². The minimum atomic E-state index is -4.49. The molecule has 2 atom stereocenters. The van der Waals surface area contributed by atoms with Crippen LogP contribution in [-0.2, 0) is 22.2 Å². The third kappa shape index (κ3) is 5.09. The smallest absolute Gasteiger partial charge is 0.416 e. The van der Waals surface area contributed by atoms with Crippen LogP contribution in [0.1, 0.15) is 36.0 Å². The van der Waals surface area contributed by atoms with Crippen molar-refractivity contribution in [3.63, 3.8) is 0 Å². The van der Waals surface area contributed by atoms with Crippen LogP contribution in [0.25, 0.3) is 5.57 Å². The molecule has 0 bridgehead atoms. The Morgan fingerprint density at radius 1 is 1.19 bits per heavy atom. The van der Waals surface area contributed by atoms with Crippen LogP contribution in [0.5, 0.6) is 5.75 Å². The number of rotatable bonds is 3. The number of fused-ring (bicyclic) bond motifs is 2. The molecule has 1 unspecified atom stereocenters. The van der Waals surface area contributed by atoms with Crippen LogP contribution in [0, 0.1) is 0 Å². The minimum absolute atomic E-state index is 0.101. The molecule has 5 rings (SSSR count). The van der Waals surface area contributed by atoms with Crippen LogP contribution in [0.4, 0.5) is 28.9 Å². The average Bonchev–Trinajstić information content (AvgIpc) is 3.15. The molecule has 2 aromatic rings. The Bertz CT molecular complexity index is 1230. The fourth-order valence-electron chi connectivity index (χ4n) is 4.94. The molecule has 0 aliphatic carbocycles. The quantitative estimate of drug-likeness (QED) is 0.466. The first-order valence-electron chi connectivity index (χ1n) is 11.9. The second-order valence-corrected chi connectivity index (χ2v) is 9.28. The predicted octanol–water partition coefficient (Wildman–Crippen LogP) is 4.81. The number of amides is 2. The van der Waals surface area contributed by atoms with Gasteiger partial charge in [-0.2, -0.15) is 13.2 Å². The lowest BCUT2D eigenvalue weighted by Crippen LogP contribution is -2.47. The van der Waals surface area contributed by atoms with Crippen LogP contribution in [0.3, 0.4) is 0 Å². The number of anilines is 2.